The van der Waals surface area contributed by atoms with Gasteiger partial charge in [-0.05, 0) is 44.4 Å². The number of likely N-dealkylation sites (tertiary alicyclic amines) is 1. The number of hydrogen-bond donors (Lipinski definition) is 2. The van der Waals surface area contributed by atoms with Crippen molar-refractivity contribution in [2.75, 3.05) is 19.4 Å². The van der Waals surface area contributed by atoms with Crippen molar-refractivity contribution in [3.63, 3.8) is 0 Å². The highest BCUT2D eigenvalue weighted by atomic mass is 19.1. The van der Waals surface area contributed by atoms with Crippen molar-refractivity contribution in [1.29, 1.82) is 0 Å². The number of carbonyl (C=O) groups excluding carboxylic acids is 1. The topological polar surface area (TPSA) is 133 Å². The number of amidine groups is 1. The molecule has 0 saturated carbocycles. The van der Waals surface area contributed by atoms with Crippen LogP contribution in [0.2, 0.25) is 0 Å². The second kappa shape index (κ2) is 9.16. The molecule has 4 N–H and O–H groups in total. The molecule has 9 nitrogen and oxygen atoms in total. The summed E-state index contributed by atoms with van der Waals surface area (Å²) in [5.74, 6) is -1.65. The number of benzene rings is 1. The summed E-state index contributed by atoms with van der Waals surface area (Å²) >= 11 is 0. The number of methoxy groups -OCH3 is 1. The fourth-order valence-electron chi connectivity index (χ4n) is 4.11. The maximum atomic E-state index is 14.2. The third kappa shape index (κ3) is 4.45. The Morgan fingerprint density at radius 1 is 1.24 bits per heavy atom. The third-order valence-electron chi connectivity index (χ3n) is 6.00. The highest BCUT2D eigenvalue weighted by molar-refractivity contribution is 5.96. The van der Waals surface area contributed by atoms with Crippen LogP contribution >= 0.6 is 0 Å². The zero-order valence-corrected chi connectivity index (χ0v) is 19.0. The highest BCUT2D eigenvalue weighted by Gasteiger charge is 2.32. The molecule has 3 heterocycles. The van der Waals surface area contributed by atoms with E-state index in [1.54, 1.807) is 17.9 Å². The summed E-state index contributed by atoms with van der Waals surface area (Å²) in [6.45, 7) is 4.07. The number of amides is 1. The number of aliphatic imine (C=N–C) groups is 1. The first-order valence-corrected chi connectivity index (χ1v) is 10.8. The van der Waals surface area contributed by atoms with Crippen LogP contribution in [0.15, 0.2) is 29.4 Å². The minimum absolute atomic E-state index is 0.0254. The van der Waals surface area contributed by atoms with Crippen LogP contribution in [-0.4, -0.2) is 51.3 Å². The van der Waals surface area contributed by atoms with Crippen LogP contribution < -0.4 is 16.2 Å². The molecule has 0 radical (unpaired) electrons. The van der Waals surface area contributed by atoms with Crippen LogP contribution in [-0.2, 0) is 0 Å². The van der Waals surface area contributed by atoms with Crippen molar-refractivity contribution < 1.29 is 18.3 Å². The van der Waals surface area contributed by atoms with Crippen LogP contribution in [0.1, 0.15) is 35.8 Å². The van der Waals surface area contributed by atoms with E-state index >= 15 is 0 Å². The van der Waals surface area contributed by atoms with Gasteiger partial charge in [-0.2, -0.15) is 4.98 Å². The molecule has 1 aliphatic rings. The van der Waals surface area contributed by atoms with E-state index in [0.717, 1.165) is 6.07 Å². The van der Waals surface area contributed by atoms with Crippen LogP contribution in [0.25, 0.3) is 10.9 Å². The summed E-state index contributed by atoms with van der Waals surface area (Å²) in [5, 5.41) is 0.0600. The summed E-state index contributed by atoms with van der Waals surface area (Å²) in [5.41, 5.74) is 12.9. The monoisotopic (exact) mass is 469 g/mol. The molecule has 1 fully saturated rings. The minimum Gasteiger partial charge on any atom is -0.495 e. The van der Waals surface area contributed by atoms with Gasteiger partial charge in [-0.25, -0.2) is 23.7 Å². The van der Waals surface area contributed by atoms with Gasteiger partial charge in [-0.15, -0.1) is 0 Å². The van der Waals surface area contributed by atoms with Crippen LogP contribution in [0.3, 0.4) is 0 Å². The quantitative estimate of drug-likeness (QED) is 0.443. The number of pyridine rings is 1. The Kier molecular flexibility index (Phi) is 6.27. The lowest BCUT2D eigenvalue weighted by molar-refractivity contribution is 0.0596. The van der Waals surface area contributed by atoms with Gasteiger partial charge in [-0.3, -0.25) is 4.79 Å². The number of halogens is 2. The van der Waals surface area contributed by atoms with Gasteiger partial charge in [0.25, 0.3) is 5.91 Å². The Bertz CT molecular complexity index is 1300. The van der Waals surface area contributed by atoms with Gasteiger partial charge in [-0.1, -0.05) is 0 Å². The Labute approximate surface area is 194 Å². The van der Waals surface area contributed by atoms with Crippen molar-refractivity contribution in [2.24, 2.45) is 16.6 Å². The molecule has 0 aliphatic carbocycles. The molecular formula is C23H25F2N7O2. The Morgan fingerprint density at radius 3 is 2.71 bits per heavy atom. The van der Waals surface area contributed by atoms with E-state index in [1.165, 1.54) is 13.3 Å². The smallest absolute Gasteiger partial charge is 0.272 e. The number of ether oxygens (including phenoxy) is 1. The first kappa shape index (κ1) is 23.3. The predicted molar refractivity (Wildman–Crippen MR) is 124 cm³/mol. The van der Waals surface area contributed by atoms with Gasteiger partial charge in [0.15, 0.2) is 11.6 Å². The summed E-state index contributed by atoms with van der Waals surface area (Å²) in [6, 6.07) is 3.53. The van der Waals surface area contributed by atoms with E-state index in [9.17, 15) is 13.6 Å². The Balaban J connectivity index is 1.64. The number of aryl methyl sites for hydroxylation is 1. The SMILES string of the molecule is COc1cnc(C(=O)N2CC(C(N)=Nc3nc(N)nc4c(F)cc(F)cc34)CCC2C)c(C)c1. The lowest BCUT2D eigenvalue weighted by Gasteiger charge is -2.37. The number of nitrogens with two attached hydrogens (primary N) is 2. The molecule has 178 valence electrons. The molecule has 11 heteroatoms. The Morgan fingerprint density at radius 2 is 2.00 bits per heavy atom. The number of anilines is 1. The molecule has 2 aromatic heterocycles. The summed E-state index contributed by atoms with van der Waals surface area (Å²) < 4.78 is 33.2. The normalized spacial score (nSPS) is 18.9. The number of nitrogens with zero attached hydrogens (tertiary/aromatic N) is 5. The highest BCUT2D eigenvalue weighted by Crippen LogP contribution is 2.29. The molecule has 1 saturated heterocycles. The average Bonchev–Trinajstić information content (AvgIpc) is 2.79. The van der Waals surface area contributed by atoms with E-state index in [4.69, 9.17) is 16.2 Å². The average molecular weight is 469 g/mol. The summed E-state index contributed by atoms with van der Waals surface area (Å²) in [6.07, 6.45) is 2.87. The van der Waals surface area contributed by atoms with Crippen LogP contribution in [0, 0.1) is 24.5 Å². The predicted octanol–water partition coefficient (Wildman–Crippen LogP) is 3.13. The number of rotatable bonds is 4. The fraction of sp³-hybridized carbons (Fsp3) is 0.348. The van der Waals surface area contributed by atoms with E-state index in [2.05, 4.69) is 19.9 Å². The van der Waals surface area contributed by atoms with Gasteiger partial charge >= 0.3 is 0 Å². The van der Waals surface area contributed by atoms with Crippen molar-refractivity contribution in [3.8, 4) is 5.75 Å². The number of fused-ring (bicyclic) bond motifs is 1. The van der Waals surface area contributed by atoms with Crippen molar-refractivity contribution in [3.05, 3.63) is 47.3 Å². The second-order valence-electron chi connectivity index (χ2n) is 8.35. The van der Waals surface area contributed by atoms with Crippen molar-refractivity contribution in [2.45, 2.75) is 32.7 Å². The molecule has 2 unspecified atom stereocenters. The molecule has 34 heavy (non-hydrogen) atoms. The van der Waals surface area contributed by atoms with Crippen molar-refractivity contribution >= 4 is 34.4 Å². The first-order valence-electron chi connectivity index (χ1n) is 10.8. The second-order valence-corrected chi connectivity index (χ2v) is 8.35. The maximum absolute atomic E-state index is 14.2. The number of nitrogen functional groups attached to an aromatic ring is 1. The van der Waals surface area contributed by atoms with Crippen LogP contribution in [0.4, 0.5) is 20.5 Å². The molecular weight excluding hydrogens is 444 g/mol. The molecule has 0 spiro atoms. The Hall–Kier alpha value is -3.89. The number of carbonyl (C=O) groups is 1. The van der Waals surface area contributed by atoms with E-state index in [0.29, 0.717) is 42.5 Å². The van der Waals surface area contributed by atoms with E-state index in [-0.39, 0.29) is 46.4 Å². The molecule has 0 bridgehead atoms. The molecule has 1 aliphatic heterocycles. The molecule has 3 aromatic rings. The lowest BCUT2D eigenvalue weighted by atomic mass is 9.92. The summed E-state index contributed by atoms with van der Waals surface area (Å²) in [4.78, 5) is 31.5. The number of piperidine rings is 1. The zero-order valence-electron chi connectivity index (χ0n) is 19.0. The van der Waals surface area contributed by atoms with E-state index < -0.39 is 11.6 Å². The minimum atomic E-state index is -0.871. The zero-order chi connectivity index (χ0) is 24.6. The maximum Gasteiger partial charge on any atom is 0.272 e. The summed E-state index contributed by atoms with van der Waals surface area (Å²) in [7, 11) is 1.54. The van der Waals surface area contributed by atoms with Gasteiger partial charge < -0.3 is 21.1 Å². The fourth-order valence-corrected chi connectivity index (χ4v) is 4.11. The molecule has 2 atom stereocenters. The van der Waals surface area contributed by atoms with Gasteiger partial charge in [0.2, 0.25) is 5.95 Å². The van der Waals surface area contributed by atoms with Gasteiger partial charge in [0.05, 0.1) is 18.7 Å². The molecule has 1 aromatic carbocycles. The lowest BCUT2D eigenvalue weighted by Crippen LogP contribution is -2.49. The number of aromatic nitrogens is 3. The largest absolute Gasteiger partial charge is 0.495 e. The van der Waals surface area contributed by atoms with Gasteiger partial charge in [0, 0.05) is 24.6 Å². The third-order valence-corrected chi connectivity index (χ3v) is 6.00. The molecule has 1 amide bonds. The van der Waals surface area contributed by atoms with Crippen LogP contribution in [0.5, 0.6) is 5.75 Å². The standard InChI is InChI=1S/C23H25F2N7O2/c1-11-6-15(34-3)9-28-18(11)22(33)32-10-13(5-4-12(32)2)20(26)30-21-16-7-14(24)8-17(25)19(16)29-23(27)31-21/h6-9,12-13H,4-5,10H2,1-3H3,(H4,26,27,29,30,31). The van der Waals surface area contributed by atoms with Crippen molar-refractivity contribution in [1.82, 2.24) is 19.9 Å². The molecule has 4 rings (SSSR count). The first-order chi connectivity index (χ1) is 16.2. The van der Waals surface area contributed by atoms with Gasteiger partial charge in [0.1, 0.15) is 28.6 Å². The van der Waals surface area contributed by atoms with E-state index in [1.807, 2.05) is 6.92 Å². The number of hydrogen-bond acceptors (Lipinski definition) is 7.